The molecular weight excluding hydrogens is 272 g/mol. The predicted octanol–water partition coefficient (Wildman–Crippen LogP) is 0.590. The van der Waals surface area contributed by atoms with Gasteiger partial charge in [-0.05, 0) is 18.4 Å². The summed E-state index contributed by atoms with van der Waals surface area (Å²) in [6, 6.07) is 9.05. The third-order valence-electron chi connectivity index (χ3n) is 3.76. The van der Waals surface area contributed by atoms with Crippen molar-refractivity contribution in [1.82, 2.24) is 10.2 Å². The van der Waals surface area contributed by atoms with Gasteiger partial charge in [-0.3, -0.25) is 14.9 Å². The lowest BCUT2D eigenvalue weighted by molar-refractivity contribution is -0.145. The highest BCUT2D eigenvalue weighted by Crippen LogP contribution is 2.17. The van der Waals surface area contributed by atoms with Gasteiger partial charge in [0.2, 0.25) is 5.91 Å². The zero-order valence-corrected chi connectivity index (χ0v) is 11.7. The Labute approximate surface area is 123 Å². The van der Waals surface area contributed by atoms with Crippen LogP contribution >= 0.6 is 0 Å². The highest BCUT2D eigenvalue weighted by Gasteiger charge is 2.26. The minimum atomic E-state index is -0.883. The van der Waals surface area contributed by atoms with Crippen LogP contribution in [0, 0.1) is 5.92 Å². The van der Waals surface area contributed by atoms with Crippen LogP contribution in [0.4, 0.5) is 0 Å². The van der Waals surface area contributed by atoms with Crippen molar-refractivity contribution in [3.05, 3.63) is 35.9 Å². The number of hydrogen-bond acceptors (Lipinski definition) is 4. The van der Waals surface area contributed by atoms with Gasteiger partial charge in [0.25, 0.3) is 0 Å². The smallest absolute Gasteiger partial charge is 0.306 e. The van der Waals surface area contributed by atoms with Crippen molar-refractivity contribution in [2.24, 2.45) is 5.92 Å². The van der Waals surface area contributed by atoms with E-state index in [0.29, 0.717) is 31.5 Å². The number of aliphatic hydroxyl groups excluding tert-OH is 1. The Bertz CT molecular complexity index is 484. The van der Waals surface area contributed by atoms with Crippen LogP contribution in [0.25, 0.3) is 0 Å². The fourth-order valence-electron chi connectivity index (χ4n) is 2.42. The van der Waals surface area contributed by atoms with E-state index in [2.05, 4.69) is 5.32 Å². The normalized spacial score (nSPS) is 17.5. The van der Waals surface area contributed by atoms with Crippen LogP contribution in [-0.2, 0) is 9.59 Å². The maximum absolute atomic E-state index is 12.0. The molecule has 1 heterocycles. The summed E-state index contributed by atoms with van der Waals surface area (Å²) in [5.41, 5.74) is 0.704. The van der Waals surface area contributed by atoms with E-state index < -0.39 is 12.2 Å². The number of likely N-dealkylation sites (tertiary alicyclic amines) is 1. The van der Waals surface area contributed by atoms with Crippen LogP contribution in [0.5, 0.6) is 0 Å². The lowest BCUT2D eigenvalue weighted by Crippen LogP contribution is -2.44. The molecule has 1 fully saturated rings. The number of aliphatic hydroxyl groups is 1. The molecule has 0 bridgehead atoms. The van der Waals surface area contributed by atoms with Crippen molar-refractivity contribution < 1.29 is 19.8 Å². The second kappa shape index (κ2) is 7.19. The van der Waals surface area contributed by atoms with Gasteiger partial charge in [-0.1, -0.05) is 30.3 Å². The molecule has 6 heteroatoms. The highest BCUT2D eigenvalue weighted by atomic mass is 16.4. The predicted molar refractivity (Wildman–Crippen MR) is 76.3 cm³/mol. The van der Waals surface area contributed by atoms with Gasteiger partial charge < -0.3 is 15.1 Å². The zero-order chi connectivity index (χ0) is 15.2. The molecule has 2 rings (SSSR count). The number of piperidine rings is 1. The molecule has 0 aliphatic carbocycles. The van der Waals surface area contributed by atoms with Crippen LogP contribution in [-0.4, -0.2) is 46.6 Å². The number of benzene rings is 1. The lowest BCUT2D eigenvalue weighted by Gasteiger charge is -2.30. The number of carboxylic acid groups (broad SMARTS) is 1. The summed E-state index contributed by atoms with van der Waals surface area (Å²) in [7, 11) is 0. The number of carboxylic acids is 1. The molecule has 0 radical (unpaired) electrons. The average Bonchev–Trinajstić information content (AvgIpc) is 2.53. The van der Waals surface area contributed by atoms with Crippen LogP contribution in [0.2, 0.25) is 0 Å². The molecular formula is C15H20N2O4. The van der Waals surface area contributed by atoms with Crippen molar-refractivity contribution in [1.29, 1.82) is 0 Å². The minimum absolute atomic E-state index is 0.0355. The molecule has 21 heavy (non-hydrogen) atoms. The summed E-state index contributed by atoms with van der Waals surface area (Å²) in [4.78, 5) is 24.5. The molecule has 1 aliphatic rings. The Morgan fingerprint density at radius 3 is 2.43 bits per heavy atom. The highest BCUT2D eigenvalue weighted by molar-refractivity contribution is 5.79. The molecule has 1 aromatic carbocycles. The fraction of sp³-hybridized carbons (Fsp3) is 0.467. The van der Waals surface area contributed by atoms with Crippen LogP contribution < -0.4 is 5.32 Å². The quantitative estimate of drug-likeness (QED) is 0.691. The maximum atomic E-state index is 12.0. The molecule has 3 N–H and O–H groups in total. The molecule has 0 saturated carbocycles. The Morgan fingerprint density at radius 2 is 1.86 bits per heavy atom. The van der Waals surface area contributed by atoms with E-state index >= 15 is 0 Å². The first-order valence-corrected chi connectivity index (χ1v) is 7.05. The van der Waals surface area contributed by atoms with Gasteiger partial charge in [-0.2, -0.15) is 0 Å². The monoisotopic (exact) mass is 292 g/mol. The summed E-state index contributed by atoms with van der Waals surface area (Å²) in [5, 5.41) is 21.6. The largest absolute Gasteiger partial charge is 0.481 e. The Morgan fingerprint density at radius 1 is 1.24 bits per heavy atom. The summed E-state index contributed by atoms with van der Waals surface area (Å²) >= 11 is 0. The molecule has 1 saturated heterocycles. The maximum Gasteiger partial charge on any atom is 0.306 e. The van der Waals surface area contributed by atoms with E-state index in [4.69, 9.17) is 5.11 Å². The van der Waals surface area contributed by atoms with Gasteiger partial charge >= 0.3 is 5.97 Å². The summed E-state index contributed by atoms with van der Waals surface area (Å²) < 4.78 is 0. The first-order valence-electron chi connectivity index (χ1n) is 7.05. The number of carbonyl (C=O) groups excluding carboxylic acids is 1. The number of nitrogens with zero attached hydrogens (tertiary/aromatic N) is 1. The Kier molecular flexibility index (Phi) is 5.30. The molecule has 1 aromatic rings. The number of rotatable bonds is 5. The molecule has 1 atom stereocenters. The third kappa shape index (κ3) is 4.27. The molecule has 1 unspecified atom stereocenters. The Balaban J connectivity index is 1.76. The summed E-state index contributed by atoms with van der Waals surface area (Å²) in [5.74, 6) is -1.26. The third-order valence-corrected chi connectivity index (χ3v) is 3.76. The van der Waals surface area contributed by atoms with E-state index in [1.807, 2.05) is 18.2 Å². The first kappa shape index (κ1) is 15.5. The number of amides is 1. The SMILES string of the molecule is O=C(O)C1CCN(C(=O)CNC(O)c2ccccc2)CC1. The minimum Gasteiger partial charge on any atom is -0.481 e. The Hall–Kier alpha value is -1.92. The molecule has 0 spiro atoms. The topological polar surface area (TPSA) is 89.9 Å². The van der Waals surface area contributed by atoms with Gasteiger partial charge in [0.15, 0.2) is 0 Å². The van der Waals surface area contributed by atoms with Crippen molar-refractivity contribution in [2.45, 2.75) is 19.1 Å². The van der Waals surface area contributed by atoms with Crippen molar-refractivity contribution in [3.8, 4) is 0 Å². The van der Waals surface area contributed by atoms with E-state index in [1.165, 1.54) is 0 Å². The molecule has 114 valence electrons. The number of aliphatic carboxylic acids is 1. The van der Waals surface area contributed by atoms with Crippen LogP contribution in [0.15, 0.2) is 30.3 Å². The van der Waals surface area contributed by atoms with Crippen LogP contribution in [0.3, 0.4) is 0 Å². The molecule has 1 aliphatic heterocycles. The van der Waals surface area contributed by atoms with Gasteiger partial charge in [0, 0.05) is 13.1 Å². The van der Waals surface area contributed by atoms with E-state index in [-0.39, 0.29) is 18.4 Å². The van der Waals surface area contributed by atoms with Gasteiger partial charge in [0.1, 0.15) is 6.23 Å². The average molecular weight is 292 g/mol. The number of carbonyl (C=O) groups is 2. The van der Waals surface area contributed by atoms with Gasteiger partial charge in [-0.15, -0.1) is 0 Å². The first-order chi connectivity index (χ1) is 10.1. The number of hydrogen-bond donors (Lipinski definition) is 3. The molecule has 1 amide bonds. The molecule has 6 nitrogen and oxygen atoms in total. The number of nitrogens with one attached hydrogen (secondary N) is 1. The van der Waals surface area contributed by atoms with Crippen molar-refractivity contribution in [2.75, 3.05) is 19.6 Å². The lowest BCUT2D eigenvalue weighted by atomic mass is 9.97. The van der Waals surface area contributed by atoms with E-state index in [0.717, 1.165) is 0 Å². The standard InChI is InChI=1S/C15H20N2O4/c18-13(17-8-6-12(7-9-17)15(20)21)10-16-14(19)11-4-2-1-3-5-11/h1-5,12,14,16,19H,6-10H2,(H,20,21). The van der Waals surface area contributed by atoms with Crippen LogP contribution in [0.1, 0.15) is 24.6 Å². The molecule has 0 aromatic heterocycles. The second-order valence-electron chi connectivity index (χ2n) is 5.19. The summed E-state index contributed by atoms with van der Waals surface area (Å²) in [6.45, 7) is 0.950. The van der Waals surface area contributed by atoms with Crippen molar-refractivity contribution >= 4 is 11.9 Å². The van der Waals surface area contributed by atoms with Gasteiger partial charge in [0.05, 0.1) is 12.5 Å². The fourth-order valence-corrected chi connectivity index (χ4v) is 2.42. The summed E-state index contributed by atoms with van der Waals surface area (Å²) in [6.07, 6.45) is 0.0941. The zero-order valence-electron chi connectivity index (χ0n) is 11.7. The van der Waals surface area contributed by atoms with Crippen molar-refractivity contribution in [3.63, 3.8) is 0 Å². The van der Waals surface area contributed by atoms with E-state index in [9.17, 15) is 14.7 Å². The second-order valence-corrected chi connectivity index (χ2v) is 5.19. The van der Waals surface area contributed by atoms with Gasteiger partial charge in [-0.25, -0.2) is 0 Å². The van der Waals surface area contributed by atoms with E-state index in [1.54, 1.807) is 17.0 Å².